The van der Waals surface area contributed by atoms with E-state index in [0.29, 0.717) is 11.1 Å². The van der Waals surface area contributed by atoms with Crippen molar-refractivity contribution in [1.29, 1.82) is 0 Å². The Balaban J connectivity index is 0.00000242. The average molecular weight is 391 g/mol. The van der Waals surface area contributed by atoms with Gasteiger partial charge in [-0.1, -0.05) is 45.9 Å². The summed E-state index contributed by atoms with van der Waals surface area (Å²) in [5.74, 6) is 3.09. The van der Waals surface area contributed by atoms with Gasteiger partial charge in [-0.3, -0.25) is 4.21 Å². The second-order valence-corrected chi connectivity index (χ2v) is 6.13. The van der Waals surface area contributed by atoms with Crippen LogP contribution in [0.4, 0.5) is 0 Å². The third-order valence-electron chi connectivity index (χ3n) is 2.99. The summed E-state index contributed by atoms with van der Waals surface area (Å²) in [6.07, 6.45) is 0. The molecule has 0 radical (unpaired) electrons. The molecular formula is C16H16BrNaO3S. The number of alkyl halides is 1. The van der Waals surface area contributed by atoms with Gasteiger partial charge in [-0.15, -0.1) is 11.6 Å². The zero-order chi connectivity index (χ0) is 15.2. The van der Waals surface area contributed by atoms with Gasteiger partial charge in [0.1, 0.15) is 0 Å². The second-order valence-electron chi connectivity index (χ2n) is 4.27. The smallest absolute Gasteiger partial charge is 0.554 e. The Hall–Kier alpha value is -0.460. The van der Waals surface area contributed by atoms with E-state index in [0.717, 1.165) is 21.8 Å². The van der Waals surface area contributed by atoms with Crippen LogP contribution in [-0.4, -0.2) is 18.4 Å². The van der Waals surface area contributed by atoms with Crippen LogP contribution in [0.3, 0.4) is 0 Å². The Labute approximate surface area is 164 Å². The van der Waals surface area contributed by atoms with Crippen LogP contribution in [0.25, 0.3) is 0 Å². The van der Waals surface area contributed by atoms with Gasteiger partial charge in [-0.25, -0.2) is 0 Å². The number of hydrogen-bond donors (Lipinski definition) is 0. The van der Waals surface area contributed by atoms with Crippen molar-refractivity contribution in [3.63, 3.8) is 0 Å². The summed E-state index contributed by atoms with van der Waals surface area (Å²) in [7, 11) is 1.98. The predicted molar refractivity (Wildman–Crippen MR) is 88.4 cm³/mol. The van der Waals surface area contributed by atoms with E-state index in [4.69, 9.17) is 9.47 Å². The SMILES string of the molecule is COc1cc(CBr)c(OC)cc1[CH-]S(=O)c1ccccc1.[Na+]. The summed E-state index contributed by atoms with van der Waals surface area (Å²) in [6.45, 7) is 0. The molecule has 0 aliphatic rings. The minimum absolute atomic E-state index is 0. The topological polar surface area (TPSA) is 35.5 Å². The second kappa shape index (κ2) is 9.63. The van der Waals surface area contributed by atoms with Crippen molar-refractivity contribution in [2.24, 2.45) is 0 Å². The zero-order valence-corrected chi connectivity index (χ0v) is 17.2. The monoisotopic (exact) mass is 390 g/mol. The minimum Gasteiger partial charge on any atom is -0.554 e. The Morgan fingerprint density at radius 1 is 1.09 bits per heavy atom. The van der Waals surface area contributed by atoms with Crippen LogP contribution in [0, 0.1) is 5.75 Å². The molecule has 0 amide bonds. The molecule has 0 spiro atoms. The molecule has 0 aliphatic heterocycles. The summed E-state index contributed by atoms with van der Waals surface area (Å²) < 4.78 is 23.1. The first-order valence-electron chi connectivity index (χ1n) is 6.31. The van der Waals surface area contributed by atoms with E-state index >= 15 is 0 Å². The van der Waals surface area contributed by atoms with Crippen molar-refractivity contribution in [1.82, 2.24) is 0 Å². The molecule has 0 aliphatic carbocycles. The van der Waals surface area contributed by atoms with E-state index < -0.39 is 10.8 Å². The molecule has 0 N–H and O–H groups in total. The van der Waals surface area contributed by atoms with Crippen LogP contribution < -0.4 is 39.0 Å². The molecule has 0 aromatic heterocycles. The van der Waals surface area contributed by atoms with Gasteiger partial charge in [0, 0.05) is 26.8 Å². The van der Waals surface area contributed by atoms with Gasteiger partial charge < -0.3 is 9.47 Å². The van der Waals surface area contributed by atoms with E-state index in [9.17, 15) is 4.21 Å². The molecule has 0 heterocycles. The van der Waals surface area contributed by atoms with Gasteiger partial charge in [0.05, 0.1) is 20.0 Å². The van der Waals surface area contributed by atoms with Crippen LogP contribution in [-0.2, 0) is 16.1 Å². The van der Waals surface area contributed by atoms with E-state index in [-0.39, 0.29) is 29.6 Å². The number of hydrogen-bond acceptors (Lipinski definition) is 3. The first kappa shape index (κ1) is 19.6. The first-order chi connectivity index (χ1) is 10.2. The van der Waals surface area contributed by atoms with Gasteiger partial charge in [-0.2, -0.15) is 0 Å². The number of halogens is 1. The summed E-state index contributed by atoms with van der Waals surface area (Å²) in [5, 5.41) is 0.661. The fourth-order valence-corrected chi connectivity index (χ4v) is 3.33. The molecule has 0 saturated heterocycles. The maximum absolute atomic E-state index is 12.4. The minimum atomic E-state index is -1.24. The van der Waals surface area contributed by atoms with Gasteiger partial charge in [0.15, 0.2) is 0 Å². The zero-order valence-electron chi connectivity index (χ0n) is 12.8. The van der Waals surface area contributed by atoms with Crippen molar-refractivity contribution in [2.45, 2.75) is 10.2 Å². The third kappa shape index (κ3) is 4.77. The van der Waals surface area contributed by atoms with E-state index in [2.05, 4.69) is 15.9 Å². The Kier molecular flexibility index (Phi) is 8.57. The van der Waals surface area contributed by atoms with E-state index in [1.807, 2.05) is 42.5 Å². The number of methoxy groups -OCH3 is 2. The van der Waals surface area contributed by atoms with Crippen molar-refractivity contribution in [3.8, 4) is 11.5 Å². The van der Waals surface area contributed by atoms with Crippen molar-refractivity contribution >= 4 is 26.7 Å². The largest absolute Gasteiger partial charge is 1.00 e. The van der Waals surface area contributed by atoms with Gasteiger partial charge in [-0.05, 0) is 17.7 Å². The van der Waals surface area contributed by atoms with Crippen molar-refractivity contribution < 1.29 is 43.2 Å². The van der Waals surface area contributed by atoms with Crippen molar-refractivity contribution in [3.05, 3.63) is 59.3 Å². The molecule has 1 unspecified atom stereocenters. The van der Waals surface area contributed by atoms with Gasteiger partial charge in [0.25, 0.3) is 0 Å². The fourth-order valence-electron chi connectivity index (χ4n) is 1.92. The van der Waals surface area contributed by atoms with E-state index in [1.54, 1.807) is 20.0 Å². The van der Waals surface area contributed by atoms with Crippen LogP contribution in [0.2, 0.25) is 0 Å². The first-order valence-corrected chi connectivity index (χ1v) is 8.64. The molecule has 1 atom stereocenters. The summed E-state index contributed by atoms with van der Waals surface area (Å²) >= 11 is 3.42. The molecule has 0 fully saturated rings. The molecule has 2 aromatic carbocycles. The van der Waals surface area contributed by atoms with Crippen LogP contribution in [0.15, 0.2) is 47.4 Å². The third-order valence-corrected chi connectivity index (χ3v) is 4.80. The standard InChI is InChI=1S/C16H16BrO3S.Na/c1-19-15-9-13(16(20-2)8-12(15)10-17)11-21(18)14-6-4-3-5-7-14;/h3-9,11H,10H2,1-2H3;/q-1;+1. The Morgan fingerprint density at radius 2 is 1.73 bits per heavy atom. The number of benzene rings is 2. The average Bonchev–Trinajstić information content (AvgIpc) is 2.55. The normalized spacial score (nSPS) is 11.2. The Bertz CT molecular complexity index is 635. The molecule has 112 valence electrons. The summed E-state index contributed by atoms with van der Waals surface area (Å²) in [6, 6.07) is 13.0. The number of rotatable bonds is 6. The van der Waals surface area contributed by atoms with Gasteiger partial charge >= 0.3 is 29.6 Å². The fraction of sp³-hybridized carbons (Fsp3) is 0.188. The summed E-state index contributed by atoms with van der Waals surface area (Å²) in [4.78, 5) is 0.753. The molecule has 3 nitrogen and oxygen atoms in total. The molecule has 6 heteroatoms. The van der Waals surface area contributed by atoms with E-state index in [1.165, 1.54) is 0 Å². The predicted octanol–water partition coefficient (Wildman–Crippen LogP) is 0.920. The molecule has 0 bridgehead atoms. The van der Waals surface area contributed by atoms with Crippen molar-refractivity contribution in [2.75, 3.05) is 14.2 Å². The maximum Gasteiger partial charge on any atom is 1.00 e. The number of ether oxygens (including phenoxy) is 2. The molecular weight excluding hydrogens is 375 g/mol. The maximum atomic E-state index is 12.4. The molecule has 0 saturated carbocycles. The van der Waals surface area contributed by atoms with Crippen LogP contribution >= 0.6 is 15.9 Å². The molecule has 2 aromatic rings. The van der Waals surface area contributed by atoms with Crippen LogP contribution in [0.1, 0.15) is 11.1 Å². The summed E-state index contributed by atoms with van der Waals surface area (Å²) in [5.41, 5.74) is 1.73. The van der Waals surface area contributed by atoms with Gasteiger partial charge in [0.2, 0.25) is 0 Å². The Morgan fingerprint density at radius 3 is 2.27 bits per heavy atom. The van der Waals surface area contributed by atoms with Crippen LogP contribution in [0.5, 0.6) is 11.5 Å². The quantitative estimate of drug-likeness (QED) is 0.418. The molecule has 2 rings (SSSR count). The molecule has 22 heavy (non-hydrogen) atoms.